The highest BCUT2D eigenvalue weighted by Crippen LogP contribution is 2.23. The quantitative estimate of drug-likeness (QED) is 0.490. The third-order valence-electron chi connectivity index (χ3n) is 4.96. The lowest BCUT2D eigenvalue weighted by Gasteiger charge is -2.23. The van der Waals surface area contributed by atoms with Gasteiger partial charge in [0.2, 0.25) is 5.91 Å². The van der Waals surface area contributed by atoms with Gasteiger partial charge in [-0.05, 0) is 47.7 Å². The van der Waals surface area contributed by atoms with E-state index in [9.17, 15) is 18.4 Å². The molecule has 6 nitrogen and oxygen atoms in total. The van der Waals surface area contributed by atoms with Crippen molar-refractivity contribution in [2.75, 3.05) is 11.9 Å². The topological polar surface area (TPSA) is 80.3 Å². The number of rotatable bonds is 7. The van der Waals surface area contributed by atoms with Crippen LogP contribution in [-0.2, 0) is 16.1 Å². The number of carbonyl (C=O) groups excluding carboxylic acids is 2. The number of halogens is 3. The van der Waals surface area contributed by atoms with Crippen LogP contribution in [0.5, 0.6) is 0 Å². The monoisotopic (exact) mass is 461 g/mol. The standard InChI is InChI=1S/C23H22ClF2N3O3/c1-23(2,21(30)28-13-15-4-3-5-18(26)20(15)24)8-9-32-22(31)29-19-11-16-10-17(25)7-6-14(16)12-27-19/h3-7,10-12H,8-9,13H2,1-2H3,(H,28,30)(H,27,29,31). The average molecular weight is 462 g/mol. The first-order chi connectivity index (χ1) is 15.2. The molecule has 0 aliphatic rings. The maximum Gasteiger partial charge on any atom is 0.412 e. The van der Waals surface area contributed by atoms with Gasteiger partial charge in [0.05, 0.1) is 11.6 Å². The predicted octanol–water partition coefficient (Wildman–Crippen LogP) is 5.45. The van der Waals surface area contributed by atoms with Gasteiger partial charge in [0.25, 0.3) is 0 Å². The summed E-state index contributed by atoms with van der Waals surface area (Å²) in [5.41, 5.74) is -0.382. The van der Waals surface area contributed by atoms with Gasteiger partial charge in [0, 0.05) is 23.5 Å². The lowest BCUT2D eigenvalue weighted by Crippen LogP contribution is -2.37. The molecule has 0 saturated heterocycles. The van der Waals surface area contributed by atoms with Crippen molar-refractivity contribution in [1.29, 1.82) is 0 Å². The van der Waals surface area contributed by atoms with E-state index >= 15 is 0 Å². The van der Waals surface area contributed by atoms with E-state index < -0.39 is 23.1 Å². The largest absolute Gasteiger partial charge is 0.449 e. The van der Waals surface area contributed by atoms with Gasteiger partial charge in [0.1, 0.15) is 17.5 Å². The molecular weight excluding hydrogens is 440 g/mol. The van der Waals surface area contributed by atoms with Crippen molar-refractivity contribution in [1.82, 2.24) is 10.3 Å². The zero-order valence-corrected chi connectivity index (χ0v) is 18.3. The Balaban J connectivity index is 1.48. The first kappa shape index (κ1) is 23.4. The molecule has 1 heterocycles. The fourth-order valence-corrected chi connectivity index (χ4v) is 3.13. The minimum Gasteiger partial charge on any atom is -0.449 e. The number of carbonyl (C=O) groups is 2. The van der Waals surface area contributed by atoms with Crippen molar-refractivity contribution in [2.24, 2.45) is 5.41 Å². The van der Waals surface area contributed by atoms with Crippen LogP contribution in [0.3, 0.4) is 0 Å². The molecule has 0 radical (unpaired) electrons. The number of nitrogens with zero attached hydrogens (tertiary/aromatic N) is 1. The second-order valence-corrected chi connectivity index (χ2v) is 8.23. The summed E-state index contributed by atoms with van der Waals surface area (Å²) in [6.45, 7) is 3.47. The molecule has 2 amide bonds. The van der Waals surface area contributed by atoms with Gasteiger partial charge < -0.3 is 10.1 Å². The summed E-state index contributed by atoms with van der Waals surface area (Å²) in [4.78, 5) is 28.7. The first-order valence-corrected chi connectivity index (χ1v) is 10.2. The lowest BCUT2D eigenvalue weighted by molar-refractivity contribution is -0.130. The van der Waals surface area contributed by atoms with Gasteiger partial charge in [-0.15, -0.1) is 0 Å². The number of anilines is 1. The fraction of sp³-hybridized carbons (Fsp3) is 0.261. The molecule has 9 heteroatoms. The van der Waals surface area contributed by atoms with Crippen LogP contribution in [0.1, 0.15) is 25.8 Å². The van der Waals surface area contributed by atoms with Crippen molar-refractivity contribution >= 4 is 40.2 Å². The number of aromatic nitrogens is 1. The Kier molecular flexibility index (Phi) is 7.25. The van der Waals surface area contributed by atoms with E-state index in [0.717, 1.165) is 5.39 Å². The Morgan fingerprint density at radius 3 is 2.69 bits per heavy atom. The van der Waals surface area contributed by atoms with Crippen molar-refractivity contribution < 1.29 is 23.1 Å². The average Bonchev–Trinajstić information content (AvgIpc) is 2.74. The Bertz CT molecular complexity index is 1150. The molecule has 2 aromatic carbocycles. The van der Waals surface area contributed by atoms with Crippen LogP contribution < -0.4 is 10.6 Å². The van der Waals surface area contributed by atoms with Crippen LogP contribution >= 0.6 is 11.6 Å². The number of benzene rings is 2. The molecule has 3 aromatic rings. The minimum absolute atomic E-state index is 0.0187. The smallest absolute Gasteiger partial charge is 0.412 e. The summed E-state index contributed by atoms with van der Waals surface area (Å²) in [6.07, 6.45) is 1.03. The van der Waals surface area contributed by atoms with E-state index in [0.29, 0.717) is 10.9 Å². The van der Waals surface area contributed by atoms with Gasteiger partial charge in [0.15, 0.2) is 0 Å². The van der Waals surface area contributed by atoms with Gasteiger partial charge in [-0.1, -0.05) is 37.6 Å². The van der Waals surface area contributed by atoms with Crippen molar-refractivity contribution in [3.63, 3.8) is 0 Å². The van der Waals surface area contributed by atoms with Crippen molar-refractivity contribution in [2.45, 2.75) is 26.8 Å². The lowest BCUT2D eigenvalue weighted by atomic mass is 9.88. The number of hydrogen-bond acceptors (Lipinski definition) is 4. The highest BCUT2D eigenvalue weighted by molar-refractivity contribution is 6.31. The highest BCUT2D eigenvalue weighted by atomic mass is 35.5. The predicted molar refractivity (Wildman–Crippen MR) is 118 cm³/mol. The molecule has 0 saturated carbocycles. The summed E-state index contributed by atoms with van der Waals surface area (Å²) in [7, 11) is 0. The summed E-state index contributed by atoms with van der Waals surface area (Å²) < 4.78 is 32.0. The van der Waals surface area contributed by atoms with Crippen LogP contribution in [0.25, 0.3) is 10.8 Å². The molecule has 0 unspecified atom stereocenters. The Labute approximate surface area is 188 Å². The van der Waals surface area contributed by atoms with Crippen LogP contribution in [-0.4, -0.2) is 23.6 Å². The molecule has 0 aliphatic carbocycles. The van der Waals surface area contributed by atoms with Crippen LogP contribution in [0.15, 0.2) is 48.7 Å². The molecule has 1 aromatic heterocycles. The Morgan fingerprint density at radius 2 is 1.91 bits per heavy atom. The number of amides is 2. The number of hydrogen-bond donors (Lipinski definition) is 2. The summed E-state index contributed by atoms with van der Waals surface area (Å²) in [6, 6.07) is 10.2. The van der Waals surface area contributed by atoms with E-state index in [1.807, 2.05) is 0 Å². The van der Waals surface area contributed by atoms with Gasteiger partial charge in [-0.2, -0.15) is 0 Å². The second kappa shape index (κ2) is 9.91. The normalized spacial score (nSPS) is 11.3. The van der Waals surface area contributed by atoms with Crippen LogP contribution in [0.2, 0.25) is 5.02 Å². The molecule has 2 N–H and O–H groups in total. The Morgan fingerprint density at radius 1 is 1.12 bits per heavy atom. The van der Waals surface area contributed by atoms with E-state index in [2.05, 4.69) is 15.6 Å². The van der Waals surface area contributed by atoms with E-state index in [-0.39, 0.29) is 36.3 Å². The number of fused-ring (bicyclic) bond motifs is 1. The zero-order chi connectivity index (χ0) is 23.3. The van der Waals surface area contributed by atoms with Crippen molar-refractivity contribution in [3.05, 3.63) is 70.9 Å². The molecular formula is C23H22ClF2N3O3. The molecule has 0 bridgehead atoms. The third-order valence-corrected chi connectivity index (χ3v) is 5.38. The maximum atomic E-state index is 13.5. The van der Waals surface area contributed by atoms with E-state index in [1.165, 1.54) is 36.5 Å². The summed E-state index contributed by atoms with van der Waals surface area (Å²) >= 11 is 5.90. The van der Waals surface area contributed by atoms with Crippen LogP contribution in [0.4, 0.5) is 19.4 Å². The van der Waals surface area contributed by atoms with E-state index in [4.69, 9.17) is 16.3 Å². The van der Waals surface area contributed by atoms with Crippen LogP contribution in [0, 0.1) is 17.0 Å². The zero-order valence-electron chi connectivity index (χ0n) is 17.5. The van der Waals surface area contributed by atoms with E-state index in [1.54, 1.807) is 26.0 Å². The summed E-state index contributed by atoms with van der Waals surface area (Å²) in [5.74, 6) is -1.02. The molecule has 0 atom stereocenters. The SMILES string of the molecule is CC(C)(CCOC(=O)Nc1cc2cc(F)ccc2cn1)C(=O)NCc1cccc(F)c1Cl. The fourth-order valence-electron chi connectivity index (χ4n) is 2.93. The van der Waals surface area contributed by atoms with Gasteiger partial charge in [-0.25, -0.2) is 18.6 Å². The molecule has 32 heavy (non-hydrogen) atoms. The minimum atomic E-state index is -0.848. The maximum absolute atomic E-state index is 13.5. The summed E-state index contributed by atoms with van der Waals surface area (Å²) in [5, 5.41) is 6.49. The first-order valence-electron chi connectivity index (χ1n) is 9.86. The van der Waals surface area contributed by atoms with Crippen molar-refractivity contribution in [3.8, 4) is 0 Å². The molecule has 0 spiro atoms. The number of nitrogens with one attached hydrogen (secondary N) is 2. The second-order valence-electron chi connectivity index (χ2n) is 7.85. The molecule has 168 valence electrons. The number of pyridine rings is 1. The third kappa shape index (κ3) is 5.91. The molecule has 0 aliphatic heterocycles. The molecule has 3 rings (SSSR count). The van der Waals surface area contributed by atoms with Gasteiger partial charge in [-0.3, -0.25) is 10.1 Å². The Hall–Kier alpha value is -3.26. The highest BCUT2D eigenvalue weighted by Gasteiger charge is 2.28. The molecule has 0 fully saturated rings. The number of ether oxygens (including phenoxy) is 1. The van der Waals surface area contributed by atoms with Gasteiger partial charge >= 0.3 is 6.09 Å².